The van der Waals surface area contributed by atoms with Gasteiger partial charge in [0.25, 0.3) is 5.91 Å². The first-order valence-electron chi connectivity index (χ1n) is 8.05. The summed E-state index contributed by atoms with van der Waals surface area (Å²) >= 11 is 1.55. The van der Waals surface area contributed by atoms with Crippen LogP contribution in [0.15, 0.2) is 57.5 Å². The molecule has 6 nitrogen and oxygen atoms in total. The fourth-order valence-corrected chi connectivity index (χ4v) is 3.52. The highest BCUT2D eigenvalue weighted by Gasteiger charge is 2.15. The average molecular weight is 364 g/mol. The maximum Gasteiger partial charge on any atom is 0.274 e. The molecule has 0 aliphatic carbocycles. The number of benzene rings is 1. The summed E-state index contributed by atoms with van der Waals surface area (Å²) in [6, 6.07) is 11.6. The van der Waals surface area contributed by atoms with Gasteiger partial charge in [-0.25, -0.2) is 10.4 Å². The molecule has 130 valence electrons. The number of carbonyl (C=O) groups excluding carboxylic acids is 1. The Labute approximate surface area is 153 Å². The van der Waals surface area contributed by atoms with E-state index in [0.29, 0.717) is 17.1 Å². The molecule has 7 heteroatoms. The quantitative estimate of drug-likeness (QED) is 0.439. The van der Waals surface area contributed by atoms with E-state index in [0.717, 1.165) is 21.9 Å². The molecule has 0 saturated carbocycles. The topological polar surface area (TPSA) is 71.9 Å². The monoisotopic (exact) mass is 364 g/mol. The number of aromatic nitrogens is 2. The van der Waals surface area contributed by atoms with E-state index in [2.05, 4.69) is 15.5 Å². The molecule has 0 saturated heterocycles. The first-order valence-corrected chi connectivity index (χ1v) is 8.93. The number of imidazole rings is 1. The van der Waals surface area contributed by atoms with Crippen LogP contribution in [0.5, 0.6) is 0 Å². The van der Waals surface area contributed by atoms with E-state index in [-0.39, 0.29) is 5.91 Å². The number of fused-ring (bicyclic) bond motifs is 1. The molecule has 4 aromatic rings. The summed E-state index contributed by atoms with van der Waals surface area (Å²) in [6.07, 6.45) is 3.56. The van der Waals surface area contributed by atoms with Gasteiger partial charge in [-0.15, -0.1) is 11.3 Å². The molecule has 0 spiro atoms. The van der Waals surface area contributed by atoms with E-state index in [1.807, 2.05) is 46.3 Å². The third-order valence-corrected chi connectivity index (χ3v) is 4.74. The number of amides is 1. The van der Waals surface area contributed by atoms with E-state index < -0.39 is 0 Å². The predicted molar refractivity (Wildman–Crippen MR) is 102 cm³/mol. The highest BCUT2D eigenvalue weighted by Crippen LogP contribution is 2.25. The molecule has 3 aromatic heterocycles. The smallest absolute Gasteiger partial charge is 0.274 e. The van der Waals surface area contributed by atoms with Crippen LogP contribution < -0.4 is 5.43 Å². The first-order chi connectivity index (χ1) is 12.6. The van der Waals surface area contributed by atoms with E-state index in [1.165, 1.54) is 0 Å². The normalized spacial score (nSPS) is 11.5. The lowest BCUT2D eigenvalue weighted by Gasteiger charge is -2.00. The maximum atomic E-state index is 12.3. The number of aryl methyl sites for hydroxylation is 2. The van der Waals surface area contributed by atoms with Gasteiger partial charge < -0.3 is 4.42 Å². The maximum absolute atomic E-state index is 12.3. The summed E-state index contributed by atoms with van der Waals surface area (Å²) in [5.41, 5.74) is 5.68. The van der Waals surface area contributed by atoms with Gasteiger partial charge in [-0.1, -0.05) is 30.3 Å². The minimum Gasteiger partial charge on any atom is -0.466 e. The van der Waals surface area contributed by atoms with Gasteiger partial charge in [-0.3, -0.25) is 9.20 Å². The molecule has 0 aliphatic rings. The highest BCUT2D eigenvalue weighted by molar-refractivity contribution is 7.15. The lowest BCUT2D eigenvalue weighted by Crippen LogP contribution is -2.18. The molecule has 0 aliphatic heterocycles. The Kier molecular flexibility index (Phi) is 4.14. The number of nitrogens with zero attached hydrogens (tertiary/aromatic N) is 3. The van der Waals surface area contributed by atoms with Crippen molar-refractivity contribution in [2.75, 3.05) is 0 Å². The molecule has 0 atom stereocenters. The van der Waals surface area contributed by atoms with Gasteiger partial charge in [0.1, 0.15) is 11.5 Å². The number of nitrogens with one attached hydrogen (secondary N) is 1. The summed E-state index contributed by atoms with van der Waals surface area (Å²) < 4.78 is 7.34. The van der Waals surface area contributed by atoms with Crippen LogP contribution in [0.4, 0.5) is 0 Å². The Morgan fingerprint density at radius 1 is 1.31 bits per heavy atom. The van der Waals surface area contributed by atoms with Gasteiger partial charge in [0.2, 0.25) is 0 Å². The molecule has 1 aromatic carbocycles. The van der Waals surface area contributed by atoms with Crippen LogP contribution in [-0.2, 0) is 0 Å². The summed E-state index contributed by atoms with van der Waals surface area (Å²) in [5, 5.41) is 6.10. The molecule has 26 heavy (non-hydrogen) atoms. The highest BCUT2D eigenvalue weighted by atomic mass is 32.1. The number of hydrazone groups is 1. The Morgan fingerprint density at radius 2 is 2.12 bits per heavy atom. The van der Waals surface area contributed by atoms with Crippen molar-refractivity contribution in [1.29, 1.82) is 0 Å². The predicted octanol–water partition coefficient (Wildman–Crippen LogP) is 4.04. The Bertz CT molecular complexity index is 1110. The number of furan rings is 1. The third-order valence-electron chi connectivity index (χ3n) is 3.98. The molecule has 3 heterocycles. The SMILES string of the molecule is Cc1cc(C(=O)N/N=C\c2c(-c3ccccc3)nc3sccn23)c(C)o1. The molecule has 0 unspecified atom stereocenters. The van der Waals surface area contributed by atoms with Gasteiger partial charge in [-0.05, 0) is 19.9 Å². The lowest BCUT2D eigenvalue weighted by atomic mass is 10.1. The summed E-state index contributed by atoms with van der Waals surface area (Å²) in [5.74, 6) is 0.964. The minimum absolute atomic E-state index is 0.303. The van der Waals surface area contributed by atoms with Crippen LogP contribution >= 0.6 is 11.3 Å². The van der Waals surface area contributed by atoms with Crippen molar-refractivity contribution < 1.29 is 9.21 Å². The fraction of sp³-hybridized carbons (Fsp3) is 0.105. The molecule has 0 fully saturated rings. The Hall–Kier alpha value is -3.19. The lowest BCUT2D eigenvalue weighted by molar-refractivity contribution is 0.0953. The molecule has 0 radical (unpaired) electrons. The third kappa shape index (κ3) is 2.93. The van der Waals surface area contributed by atoms with Crippen molar-refractivity contribution >= 4 is 28.4 Å². The van der Waals surface area contributed by atoms with Gasteiger partial charge in [0.05, 0.1) is 23.2 Å². The van der Waals surface area contributed by atoms with Crippen LogP contribution in [0, 0.1) is 13.8 Å². The van der Waals surface area contributed by atoms with Crippen molar-refractivity contribution in [3.63, 3.8) is 0 Å². The summed E-state index contributed by atoms with van der Waals surface area (Å²) in [7, 11) is 0. The van der Waals surface area contributed by atoms with E-state index in [9.17, 15) is 4.79 Å². The first kappa shape index (κ1) is 16.3. The van der Waals surface area contributed by atoms with Gasteiger partial charge >= 0.3 is 0 Å². The largest absolute Gasteiger partial charge is 0.466 e. The standard InChI is InChI=1S/C19H16N4O2S/c1-12-10-15(13(2)25-12)18(24)22-20-11-16-17(14-6-4-3-5-7-14)21-19-23(16)8-9-26-19/h3-11H,1-2H3,(H,22,24)/b20-11-. The van der Waals surface area contributed by atoms with Crippen LogP contribution in [0.3, 0.4) is 0 Å². The van der Waals surface area contributed by atoms with Crippen LogP contribution in [0.1, 0.15) is 27.6 Å². The average Bonchev–Trinajstić information content (AvgIpc) is 3.31. The molecular weight excluding hydrogens is 348 g/mol. The van der Waals surface area contributed by atoms with Gasteiger partial charge in [0.15, 0.2) is 4.96 Å². The van der Waals surface area contributed by atoms with Crippen molar-refractivity contribution in [2.45, 2.75) is 13.8 Å². The fourth-order valence-electron chi connectivity index (χ4n) is 2.80. The summed E-state index contributed by atoms with van der Waals surface area (Å²) in [4.78, 5) is 17.8. The zero-order valence-corrected chi connectivity index (χ0v) is 15.1. The van der Waals surface area contributed by atoms with E-state index in [1.54, 1.807) is 37.5 Å². The van der Waals surface area contributed by atoms with Crippen molar-refractivity contribution in [1.82, 2.24) is 14.8 Å². The number of thiazole rings is 1. The van der Waals surface area contributed by atoms with E-state index in [4.69, 9.17) is 4.42 Å². The van der Waals surface area contributed by atoms with Crippen molar-refractivity contribution in [3.05, 3.63) is 70.8 Å². The number of carbonyl (C=O) groups is 1. The van der Waals surface area contributed by atoms with Gasteiger partial charge in [0, 0.05) is 17.1 Å². The van der Waals surface area contributed by atoms with Crippen LogP contribution in [0.2, 0.25) is 0 Å². The Balaban J connectivity index is 1.64. The molecular formula is C19H16N4O2S. The second-order valence-corrected chi connectivity index (χ2v) is 6.67. The van der Waals surface area contributed by atoms with Crippen LogP contribution in [0.25, 0.3) is 16.2 Å². The molecule has 1 N–H and O–H groups in total. The minimum atomic E-state index is -0.303. The number of rotatable bonds is 4. The summed E-state index contributed by atoms with van der Waals surface area (Å²) in [6.45, 7) is 3.56. The molecule has 4 rings (SSSR count). The molecule has 1 amide bonds. The second kappa shape index (κ2) is 6.61. The van der Waals surface area contributed by atoms with Crippen LogP contribution in [-0.4, -0.2) is 21.5 Å². The van der Waals surface area contributed by atoms with E-state index >= 15 is 0 Å². The van der Waals surface area contributed by atoms with Gasteiger partial charge in [-0.2, -0.15) is 5.10 Å². The zero-order chi connectivity index (χ0) is 18.1. The zero-order valence-electron chi connectivity index (χ0n) is 14.3. The molecule has 0 bridgehead atoms. The Morgan fingerprint density at radius 3 is 2.85 bits per heavy atom. The van der Waals surface area contributed by atoms with Crippen molar-refractivity contribution in [2.24, 2.45) is 5.10 Å². The number of hydrogen-bond donors (Lipinski definition) is 1. The number of hydrogen-bond acceptors (Lipinski definition) is 5. The van der Waals surface area contributed by atoms with Crippen molar-refractivity contribution in [3.8, 4) is 11.3 Å². The second-order valence-electron chi connectivity index (χ2n) is 5.79.